The Morgan fingerprint density at radius 2 is 1.62 bits per heavy atom. The number of fused-ring (bicyclic) bond motifs is 2. The Hall–Kier alpha value is -4.72. The number of halogens is 1. The molecule has 0 N–H and O–H groups in total. The minimum Gasteiger partial charge on any atom is -0.378 e. The third kappa shape index (κ3) is 6.60. The molecule has 7 heteroatoms. The van der Waals surface area contributed by atoms with Gasteiger partial charge in [-0.1, -0.05) is 35.6 Å². The molecule has 5 nitrogen and oxygen atoms in total. The van der Waals surface area contributed by atoms with Gasteiger partial charge in [0, 0.05) is 45.1 Å². The highest BCUT2D eigenvalue weighted by molar-refractivity contribution is 7.21. The van der Waals surface area contributed by atoms with Gasteiger partial charge in [0.15, 0.2) is 0 Å². The lowest BCUT2D eigenvalue weighted by atomic mass is 10.0. The summed E-state index contributed by atoms with van der Waals surface area (Å²) in [4.78, 5) is 7.24. The molecule has 0 amide bonds. The summed E-state index contributed by atoms with van der Waals surface area (Å²) < 4.78 is 16.1. The van der Waals surface area contributed by atoms with Gasteiger partial charge >= 0.3 is 0 Å². The van der Waals surface area contributed by atoms with E-state index < -0.39 is 0 Å². The Bertz CT molecular complexity index is 1820. The predicted molar refractivity (Wildman–Crippen MR) is 176 cm³/mol. The highest BCUT2D eigenvalue weighted by Crippen LogP contribution is 2.30. The van der Waals surface area contributed by atoms with Crippen LogP contribution in [0.25, 0.3) is 42.0 Å². The molecule has 0 radical (unpaired) electrons. The van der Waals surface area contributed by atoms with Gasteiger partial charge in [-0.25, -0.2) is 14.5 Å². The van der Waals surface area contributed by atoms with Crippen LogP contribution in [0.4, 0.5) is 15.8 Å². The van der Waals surface area contributed by atoms with Crippen LogP contribution in [-0.2, 0) is 7.05 Å². The van der Waals surface area contributed by atoms with E-state index in [2.05, 4.69) is 84.8 Å². The second kappa shape index (κ2) is 13.3. The molecule has 4 aromatic carbocycles. The average molecular weight is 576 g/mol. The molecule has 0 aliphatic heterocycles. The molecule has 212 valence electrons. The fourth-order valence-electron chi connectivity index (χ4n) is 4.71. The number of aryl methyl sites for hydroxylation is 2. The number of nitrogens with zero attached hydrogens (tertiary/aromatic N) is 5. The van der Waals surface area contributed by atoms with Crippen LogP contribution >= 0.6 is 11.3 Å². The normalized spacial score (nSPS) is 11.3. The van der Waals surface area contributed by atoms with Gasteiger partial charge in [0.25, 0.3) is 10.7 Å². The van der Waals surface area contributed by atoms with Crippen LogP contribution in [0.1, 0.15) is 18.1 Å². The van der Waals surface area contributed by atoms with Gasteiger partial charge in [-0.15, -0.1) is 0 Å². The lowest BCUT2D eigenvalue weighted by Gasteiger charge is -2.18. The van der Waals surface area contributed by atoms with Crippen LogP contribution in [-0.4, -0.2) is 34.4 Å². The maximum atomic E-state index is 12.4. The van der Waals surface area contributed by atoms with E-state index in [1.165, 1.54) is 32.0 Å². The third-order valence-electron chi connectivity index (χ3n) is 7.31. The summed E-state index contributed by atoms with van der Waals surface area (Å²) >= 11 is 1.85. The number of allylic oxidation sites excluding steroid dienone is 2. The standard InChI is InChI=1S/C18H16FN3.C17H19N2S/c1-13(18(12-20)21-2)14-4-5-16-11-17(22(3)9-8-19)7-6-15(16)10-14;1-12-5-10-15-16(11-12)20-17(19(15)4)13-6-8-14(9-7-13)18(2)3/h4-7,10-11H,8-9H2,1,3H3;5-11H,1-4H3/q;+1/b18-13-;/i19-1;. The van der Waals surface area contributed by atoms with Crippen molar-refractivity contribution < 1.29 is 8.96 Å². The van der Waals surface area contributed by atoms with Crippen molar-refractivity contribution in [3.8, 4) is 16.6 Å². The molecule has 0 atom stereocenters. The van der Waals surface area contributed by atoms with Crippen molar-refractivity contribution in [2.45, 2.75) is 13.8 Å². The predicted octanol–water partition coefficient (Wildman–Crippen LogP) is 8.19. The number of hydrogen-bond donors (Lipinski definition) is 0. The van der Waals surface area contributed by atoms with E-state index in [0.29, 0.717) is 12.1 Å². The maximum Gasteiger partial charge on any atom is 0.269 e. The van der Waals surface area contributed by atoms with Crippen molar-refractivity contribution in [1.29, 1.82) is 5.26 Å². The van der Waals surface area contributed by atoms with Gasteiger partial charge in [0.2, 0.25) is 5.52 Å². The largest absolute Gasteiger partial charge is 0.378 e. The summed E-state index contributed by atoms with van der Waals surface area (Å²) in [5.74, 6) is 0. The molecule has 0 saturated carbocycles. The molecule has 42 heavy (non-hydrogen) atoms. The Labute approximate surface area is 251 Å². The number of rotatable bonds is 6. The number of anilines is 2. The Kier molecular flexibility index (Phi) is 9.57. The molecule has 0 bridgehead atoms. The van der Waals surface area contributed by atoms with E-state index >= 15 is 0 Å². The van der Waals surface area contributed by atoms with E-state index in [-0.39, 0.29) is 12.4 Å². The second-order valence-corrected chi connectivity index (χ2v) is 11.5. The average Bonchev–Trinajstić information content (AvgIpc) is 3.32. The van der Waals surface area contributed by atoms with Crippen molar-refractivity contribution in [2.75, 3.05) is 44.2 Å². The highest BCUT2D eigenvalue weighted by Gasteiger charge is 2.18. The molecule has 0 aliphatic rings. The molecule has 0 aliphatic carbocycles. The minimum absolute atomic E-state index is 0.110. The van der Waals surface area contributed by atoms with Gasteiger partial charge in [-0.05, 0) is 89.9 Å². The first-order valence-corrected chi connectivity index (χ1v) is 14.4. The molecule has 0 spiro atoms. The molecule has 1 heterocycles. The summed E-state index contributed by atoms with van der Waals surface area (Å²) in [5.41, 5.74) is 7.73. The van der Waals surface area contributed by atoms with Crippen molar-refractivity contribution >= 4 is 49.3 Å². The maximum absolute atomic E-state index is 12.4. The van der Waals surface area contributed by atoms with Crippen LogP contribution in [0.5, 0.6) is 0 Å². The zero-order chi connectivity index (χ0) is 30.4. The third-order valence-corrected chi connectivity index (χ3v) is 8.56. The van der Waals surface area contributed by atoms with Gasteiger partial charge in [-0.3, -0.25) is 0 Å². The number of aromatic nitrogens is 1. The van der Waals surface area contributed by atoms with Gasteiger partial charge in [-0.2, -0.15) is 4.57 Å². The molecule has 5 aromatic rings. The molecular formula is C35H35FN5S+. The van der Waals surface area contributed by atoms with Crippen molar-refractivity contribution in [1.82, 2.24) is 0 Å². The SMILES string of the molecule is Cc1ccc2c(c1)sc(-c1ccc(N(C)C)cc1)[n+]2C.[C-]#[N+]/C(C#N)=C(/C)c1ccc2cc(N(C)CC[18F])ccc2c1. The van der Waals surface area contributed by atoms with Gasteiger partial charge in [0.1, 0.15) is 18.4 Å². The monoisotopic (exact) mass is 575 g/mol. The van der Waals surface area contributed by atoms with E-state index in [1.807, 2.05) is 65.8 Å². The number of thiazole rings is 1. The molecule has 0 unspecified atom stereocenters. The van der Waals surface area contributed by atoms with E-state index in [0.717, 1.165) is 22.0 Å². The zero-order valence-corrected chi connectivity index (χ0v) is 25.8. The van der Waals surface area contributed by atoms with Crippen molar-refractivity contribution in [3.63, 3.8) is 0 Å². The minimum atomic E-state index is -0.384. The Morgan fingerprint density at radius 1 is 0.952 bits per heavy atom. The topological polar surface area (TPSA) is 38.5 Å². The Balaban J connectivity index is 0.000000193. The second-order valence-electron chi connectivity index (χ2n) is 10.4. The first-order valence-electron chi connectivity index (χ1n) is 13.6. The summed E-state index contributed by atoms with van der Waals surface area (Å²) in [5, 5.41) is 12.3. The lowest BCUT2D eigenvalue weighted by Crippen LogP contribution is -2.28. The van der Waals surface area contributed by atoms with Gasteiger partial charge in [0.05, 0.1) is 18.2 Å². The molecular weight excluding hydrogens is 540 g/mol. The summed E-state index contributed by atoms with van der Waals surface area (Å²) in [6, 6.07) is 29.1. The molecule has 5 rings (SSSR count). The van der Waals surface area contributed by atoms with E-state index in [4.69, 9.17) is 11.8 Å². The number of alkyl halides is 1. The number of nitriles is 1. The van der Waals surface area contributed by atoms with Crippen LogP contribution in [0.3, 0.4) is 0 Å². The van der Waals surface area contributed by atoms with Crippen LogP contribution in [0.15, 0.2) is 84.6 Å². The summed E-state index contributed by atoms with van der Waals surface area (Å²) in [6.45, 7) is 10.9. The summed E-state index contributed by atoms with van der Waals surface area (Å²) in [6.07, 6.45) is 0. The van der Waals surface area contributed by atoms with Crippen LogP contribution in [0.2, 0.25) is 0 Å². The van der Waals surface area contributed by atoms with Crippen molar-refractivity contribution in [2.24, 2.45) is 7.05 Å². The van der Waals surface area contributed by atoms with Gasteiger partial charge < -0.3 is 9.80 Å². The van der Waals surface area contributed by atoms with E-state index in [1.54, 1.807) is 6.92 Å². The first kappa shape index (κ1) is 30.2. The van der Waals surface area contributed by atoms with E-state index in [9.17, 15) is 4.39 Å². The van der Waals surface area contributed by atoms with Crippen LogP contribution < -0.4 is 14.4 Å². The molecule has 0 fully saturated rings. The quantitative estimate of drug-likeness (QED) is 0.116. The Morgan fingerprint density at radius 3 is 2.26 bits per heavy atom. The molecule has 0 saturated heterocycles. The van der Waals surface area contributed by atoms with Crippen molar-refractivity contribution in [3.05, 3.63) is 107 Å². The van der Waals surface area contributed by atoms with Crippen LogP contribution in [0, 0.1) is 24.8 Å². The smallest absolute Gasteiger partial charge is 0.269 e. The fraction of sp³-hybridized carbons (Fsp3) is 0.229. The number of hydrogen-bond acceptors (Lipinski definition) is 4. The first-order chi connectivity index (χ1) is 20.2. The highest BCUT2D eigenvalue weighted by atomic mass is 32.1. The summed E-state index contributed by atoms with van der Waals surface area (Å²) in [7, 11) is 8.13. The molecule has 1 aromatic heterocycles. The fourth-order valence-corrected chi connectivity index (χ4v) is 5.96. The zero-order valence-electron chi connectivity index (χ0n) is 24.9. The number of benzene rings is 4. The lowest BCUT2D eigenvalue weighted by molar-refractivity contribution is -0.629.